The molecule has 0 spiro atoms. The van der Waals surface area contributed by atoms with Crippen LogP contribution in [-0.2, 0) is 14.3 Å². The van der Waals surface area contributed by atoms with Crippen LogP contribution in [0, 0.1) is 11.8 Å². The van der Waals surface area contributed by atoms with Crippen molar-refractivity contribution in [1.82, 2.24) is 5.32 Å². The molecule has 0 fully saturated rings. The van der Waals surface area contributed by atoms with Crippen LogP contribution in [0.3, 0.4) is 0 Å². The van der Waals surface area contributed by atoms with Gasteiger partial charge >= 0.3 is 12.1 Å². The van der Waals surface area contributed by atoms with Crippen LogP contribution in [0.2, 0.25) is 0 Å². The van der Waals surface area contributed by atoms with Crippen molar-refractivity contribution in [2.45, 2.75) is 19.3 Å². The molecule has 1 aliphatic carbocycles. The summed E-state index contributed by atoms with van der Waals surface area (Å²) in [6, 6.07) is 22.8. The maximum Gasteiger partial charge on any atom is 0.407 e. The first kappa shape index (κ1) is 23.8. The number of fused-ring (bicyclic) bond motifs is 3. The molecule has 3 aromatic carbocycles. The fourth-order valence-corrected chi connectivity index (χ4v) is 4.06. The Morgan fingerprint density at radius 3 is 2.11 bits per heavy atom. The minimum absolute atomic E-state index is 0.0200. The molecule has 3 aromatic rings. The van der Waals surface area contributed by atoms with Crippen LogP contribution in [0.4, 0.5) is 4.79 Å². The summed E-state index contributed by atoms with van der Waals surface area (Å²) in [7, 11) is 0. The molecule has 176 valence electrons. The molecule has 0 aliphatic heterocycles. The number of amides is 1. The molecule has 1 amide bonds. The number of hydrogen-bond acceptors (Lipinski definition) is 5. The lowest BCUT2D eigenvalue weighted by atomic mass is 9.98. The van der Waals surface area contributed by atoms with E-state index in [1.165, 1.54) is 34.4 Å². The van der Waals surface area contributed by atoms with E-state index in [1.54, 1.807) is 19.1 Å². The second-order valence-corrected chi connectivity index (χ2v) is 7.93. The minimum Gasteiger partial charge on any atom is -0.460 e. The standard InChI is InChI=1S/C29H25NO5/c1-2-34-28(32)27(31)21-16-14-20(15-17-21)9-7-8-18-30-29(33)35-19-26-24-12-5-3-10-22(24)23-11-4-6-13-25(23)26/h3-6,10-17,26H,2,8,18-19H2,1H3,(H,30,33). The predicted octanol–water partition coefficient (Wildman–Crippen LogP) is 4.71. The van der Waals surface area contributed by atoms with Gasteiger partial charge in [-0.05, 0) is 53.4 Å². The van der Waals surface area contributed by atoms with Gasteiger partial charge in [0.15, 0.2) is 0 Å². The van der Waals surface area contributed by atoms with Crippen LogP contribution in [-0.4, -0.2) is 37.6 Å². The third kappa shape index (κ3) is 5.59. The van der Waals surface area contributed by atoms with Crippen molar-refractivity contribution in [2.24, 2.45) is 0 Å². The Bertz CT molecular complexity index is 1250. The van der Waals surface area contributed by atoms with E-state index < -0.39 is 17.8 Å². The molecule has 0 saturated carbocycles. The van der Waals surface area contributed by atoms with Crippen LogP contribution >= 0.6 is 0 Å². The lowest BCUT2D eigenvalue weighted by Gasteiger charge is -2.14. The highest BCUT2D eigenvalue weighted by molar-refractivity contribution is 6.40. The molecule has 0 bridgehead atoms. The number of rotatable bonds is 7. The Morgan fingerprint density at radius 1 is 0.857 bits per heavy atom. The third-order valence-corrected chi connectivity index (χ3v) is 5.70. The first-order valence-corrected chi connectivity index (χ1v) is 11.5. The number of benzene rings is 3. The molecule has 0 saturated heterocycles. The van der Waals surface area contributed by atoms with Crippen molar-refractivity contribution in [2.75, 3.05) is 19.8 Å². The Balaban J connectivity index is 1.23. The number of carbonyl (C=O) groups excluding carboxylic acids is 3. The van der Waals surface area contributed by atoms with Gasteiger partial charge < -0.3 is 14.8 Å². The van der Waals surface area contributed by atoms with Crippen LogP contribution in [0.25, 0.3) is 11.1 Å². The minimum atomic E-state index is -0.870. The van der Waals surface area contributed by atoms with E-state index in [-0.39, 0.29) is 24.7 Å². The number of Topliss-reactive ketones (excluding diaryl/α,β-unsaturated/α-hetero) is 1. The zero-order chi connectivity index (χ0) is 24.6. The maximum atomic E-state index is 12.2. The van der Waals surface area contributed by atoms with E-state index in [0.717, 1.165) is 0 Å². The second-order valence-electron chi connectivity index (χ2n) is 7.93. The van der Waals surface area contributed by atoms with Crippen molar-refractivity contribution >= 4 is 17.8 Å². The van der Waals surface area contributed by atoms with Gasteiger partial charge in [-0.2, -0.15) is 0 Å². The SMILES string of the molecule is CCOC(=O)C(=O)c1ccc(C#CCCNC(=O)OCC2c3ccccc3-c3ccccc32)cc1. The van der Waals surface area contributed by atoms with Crippen molar-refractivity contribution in [1.29, 1.82) is 0 Å². The van der Waals surface area contributed by atoms with Gasteiger partial charge in [0, 0.05) is 30.0 Å². The molecule has 1 N–H and O–H groups in total. The molecule has 0 radical (unpaired) electrons. The number of esters is 1. The maximum absolute atomic E-state index is 12.2. The smallest absolute Gasteiger partial charge is 0.407 e. The van der Waals surface area contributed by atoms with Crippen LogP contribution < -0.4 is 5.32 Å². The van der Waals surface area contributed by atoms with Crippen molar-refractivity contribution in [3.8, 4) is 23.0 Å². The third-order valence-electron chi connectivity index (χ3n) is 5.70. The zero-order valence-electron chi connectivity index (χ0n) is 19.4. The molecule has 0 aromatic heterocycles. The van der Waals surface area contributed by atoms with E-state index in [2.05, 4.69) is 41.4 Å². The topological polar surface area (TPSA) is 81.7 Å². The molecular weight excluding hydrogens is 442 g/mol. The van der Waals surface area contributed by atoms with Gasteiger partial charge in [0.05, 0.1) is 6.61 Å². The highest BCUT2D eigenvalue weighted by Crippen LogP contribution is 2.44. The number of ketones is 1. The summed E-state index contributed by atoms with van der Waals surface area (Å²) in [5, 5.41) is 2.73. The van der Waals surface area contributed by atoms with Crippen molar-refractivity contribution in [3.05, 3.63) is 95.1 Å². The lowest BCUT2D eigenvalue weighted by Crippen LogP contribution is -2.26. The Morgan fingerprint density at radius 2 is 1.49 bits per heavy atom. The highest BCUT2D eigenvalue weighted by Gasteiger charge is 2.28. The zero-order valence-corrected chi connectivity index (χ0v) is 19.4. The first-order valence-electron chi connectivity index (χ1n) is 11.5. The van der Waals surface area contributed by atoms with E-state index in [1.807, 2.05) is 24.3 Å². The number of hydrogen-bond donors (Lipinski definition) is 1. The number of ether oxygens (including phenoxy) is 2. The van der Waals surface area contributed by atoms with Gasteiger partial charge in [-0.25, -0.2) is 9.59 Å². The number of nitrogens with one attached hydrogen (secondary N) is 1. The van der Waals surface area contributed by atoms with Crippen LogP contribution in [0.5, 0.6) is 0 Å². The van der Waals surface area contributed by atoms with Gasteiger partial charge in [0.1, 0.15) is 6.61 Å². The summed E-state index contributed by atoms with van der Waals surface area (Å²) in [5.41, 5.74) is 5.67. The summed E-state index contributed by atoms with van der Waals surface area (Å²) in [6.07, 6.45) is -0.0382. The lowest BCUT2D eigenvalue weighted by molar-refractivity contribution is -0.137. The molecule has 35 heavy (non-hydrogen) atoms. The Hall–Kier alpha value is -4.37. The largest absolute Gasteiger partial charge is 0.460 e. The summed E-state index contributed by atoms with van der Waals surface area (Å²) >= 11 is 0. The average molecular weight is 468 g/mol. The molecule has 0 heterocycles. The fourth-order valence-electron chi connectivity index (χ4n) is 4.06. The molecule has 0 atom stereocenters. The number of carbonyl (C=O) groups is 3. The van der Waals surface area contributed by atoms with Gasteiger partial charge in [0.2, 0.25) is 0 Å². The average Bonchev–Trinajstić information content (AvgIpc) is 3.21. The summed E-state index contributed by atoms with van der Waals surface area (Å²) in [6.45, 7) is 2.41. The molecule has 6 nitrogen and oxygen atoms in total. The normalized spacial score (nSPS) is 11.5. The number of alkyl carbamates (subject to hydrolysis) is 1. The van der Waals surface area contributed by atoms with E-state index >= 15 is 0 Å². The molecule has 1 aliphatic rings. The molecular formula is C29H25NO5. The van der Waals surface area contributed by atoms with Crippen molar-refractivity contribution < 1.29 is 23.9 Å². The van der Waals surface area contributed by atoms with Crippen molar-refractivity contribution in [3.63, 3.8) is 0 Å². The second kappa shape index (κ2) is 11.2. The highest BCUT2D eigenvalue weighted by atomic mass is 16.5. The van der Waals surface area contributed by atoms with Gasteiger partial charge in [-0.1, -0.05) is 60.4 Å². The van der Waals surface area contributed by atoms with Crippen LogP contribution in [0.15, 0.2) is 72.8 Å². The summed E-state index contributed by atoms with van der Waals surface area (Å²) < 4.78 is 10.2. The van der Waals surface area contributed by atoms with Gasteiger partial charge in [-0.15, -0.1) is 0 Å². The first-order chi connectivity index (χ1) is 17.1. The van der Waals surface area contributed by atoms with E-state index in [0.29, 0.717) is 18.5 Å². The molecule has 0 unspecified atom stereocenters. The van der Waals surface area contributed by atoms with Crippen LogP contribution in [0.1, 0.15) is 46.3 Å². The Labute approximate surface area is 204 Å². The summed E-state index contributed by atoms with van der Waals surface area (Å²) in [4.78, 5) is 35.6. The quantitative estimate of drug-likeness (QED) is 0.179. The van der Waals surface area contributed by atoms with Gasteiger partial charge in [-0.3, -0.25) is 4.79 Å². The van der Waals surface area contributed by atoms with E-state index in [4.69, 9.17) is 9.47 Å². The summed E-state index contributed by atoms with van der Waals surface area (Å²) in [5.74, 6) is 4.41. The molecule has 4 rings (SSSR count). The van der Waals surface area contributed by atoms with E-state index in [9.17, 15) is 14.4 Å². The Kier molecular flexibility index (Phi) is 7.59. The predicted molar refractivity (Wildman–Crippen MR) is 132 cm³/mol. The molecule has 6 heteroatoms. The van der Waals surface area contributed by atoms with Gasteiger partial charge in [0.25, 0.3) is 5.78 Å². The monoisotopic (exact) mass is 467 g/mol. The fraction of sp³-hybridized carbons (Fsp3) is 0.207.